The van der Waals surface area contributed by atoms with E-state index in [1.807, 2.05) is 24.3 Å². The topological polar surface area (TPSA) is 58.1 Å². The van der Waals surface area contributed by atoms with Crippen molar-refractivity contribution < 1.29 is 9.84 Å². The Kier molecular flexibility index (Phi) is 2.41. The molecule has 0 aliphatic heterocycles. The first-order chi connectivity index (χ1) is 8.78. The van der Waals surface area contributed by atoms with Crippen molar-refractivity contribution in [1.29, 1.82) is 0 Å². The summed E-state index contributed by atoms with van der Waals surface area (Å²) in [5.74, 6) is 1.04. The zero-order chi connectivity index (χ0) is 12.5. The highest BCUT2D eigenvalue weighted by Crippen LogP contribution is 2.31. The van der Waals surface area contributed by atoms with Crippen LogP contribution in [0, 0.1) is 0 Å². The van der Waals surface area contributed by atoms with E-state index in [-0.39, 0.29) is 5.75 Å². The van der Waals surface area contributed by atoms with Crippen LogP contribution in [0.5, 0.6) is 11.5 Å². The number of aromatic nitrogens is 2. The Balaban J connectivity index is 2.19. The molecule has 1 heterocycles. The molecule has 3 rings (SSSR count). The summed E-state index contributed by atoms with van der Waals surface area (Å²) in [6.45, 7) is 0. The van der Waals surface area contributed by atoms with Crippen LogP contribution < -0.4 is 4.74 Å². The molecule has 18 heavy (non-hydrogen) atoms. The third kappa shape index (κ3) is 1.68. The number of aromatic hydroxyl groups is 1. The van der Waals surface area contributed by atoms with E-state index in [2.05, 4.69) is 10.2 Å². The first kappa shape index (κ1) is 10.7. The second kappa shape index (κ2) is 4.07. The summed E-state index contributed by atoms with van der Waals surface area (Å²) in [6, 6.07) is 11.0. The molecular weight excluding hydrogens is 228 g/mol. The van der Waals surface area contributed by atoms with Gasteiger partial charge in [0.05, 0.1) is 24.2 Å². The van der Waals surface area contributed by atoms with Gasteiger partial charge in [0, 0.05) is 0 Å². The average Bonchev–Trinajstić information content (AvgIpc) is 2.86. The number of phenolic OH excluding ortho intramolecular Hbond substituents is 1. The number of rotatable bonds is 2. The molecule has 4 heteroatoms. The van der Waals surface area contributed by atoms with Gasteiger partial charge in [-0.2, -0.15) is 5.10 Å². The summed E-state index contributed by atoms with van der Waals surface area (Å²) in [7, 11) is 1.64. The Morgan fingerprint density at radius 3 is 2.61 bits per heavy atom. The van der Waals surface area contributed by atoms with E-state index < -0.39 is 0 Å². The fourth-order valence-corrected chi connectivity index (χ4v) is 2.01. The number of nitrogens with one attached hydrogen (secondary N) is 1. The SMILES string of the molecule is COc1cc(-c2ccc(O)cc2)cc2[nH]ncc12. The van der Waals surface area contributed by atoms with Crippen molar-refractivity contribution in [3.8, 4) is 22.6 Å². The largest absolute Gasteiger partial charge is 0.508 e. The Labute approximate surface area is 104 Å². The number of phenols is 1. The molecule has 0 fully saturated rings. The number of ether oxygens (including phenoxy) is 1. The van der Waals surface area contributed by atoms with E-state index in [1.54, 1.807) is 25.4 Å². The molecular formula is C14H12N2O2. The second-order valence-electron chi connectivity index (χ2n) is 4.06. The summed E-state index contributed by atoms with van der Waals surface area (Å²) >= 11 is 0. The third-order valence-electron chi connectivity index (χ3n) is 2.94. The fraction of sp³-hybridized carbons (Fsp3) is 0.0714. The van der Waals surface area contributed by atoms with Crippen LogP contribution in [-0.2, 0) is 0 Å². The number of hydrogen-bond donors (Lipinski definition) is 2. The van der Waals surface area contributed by atoms with Crippen LogP contribution in [0.4, 0.5) is 0 Å². The molecule has 2 aromatic carbocycles. The van der Waals surface area contributed by atoms with Crippen LogP contribution >= 0.6 is 0 Å². The van der Waals surface area contributed by atoms with Crippen LogP contribution in [0.3, 0.4) is 0 Å². The molecule has 0 radical (unpaired) electrons. The number of aromatic amines is 1. The van der Waals surface area contributed by atoms with Gasteiger partial charge >= 0.3 is 0 Å². The Bertz CT molecular complexity index is 687. The van der Waals surface area contributed by atoms with Crippen LogP contribution in [-0.4, -0.2) is 22.4 Å². The van der Waals surface area contributed by atoms with Crippen molar-refractivity contribution in [2.75, 3.05) is 7.11 Å². The summed E-state index contributed by atoms with van der Waals surface area (Å²) in [5, 5.41) is 17.2. The Morgan fingerprint density at radius 1 is 1.11 bits per heavy atom. The van der Waals surface area contributed by atoms with E-state index in [4.69, 9.17) is 4.74 Å². The minimum atomic E-state index is 0.258. The first-order valence-electron chi connectivity index (χ1n) is 5.58. The van der Waals surface area contributed by atoms with E-state index in [9.17, 15) is 5.11 Å². The standard InChI is InChI=1S/C14H12N2O2/c1-18-14-7-10(6-13-12(14)8-15-16-13)9-2-4-11(17)5-3-9/h2-8,17H,1H3,(H,15,16). The lowest BCUT2D eigenvalue weighted by molar-refractivity contribution is 0.420. The highest BCUT2D eigenvalue weighted by molar-refractivity contribution is 5.89. The van der Waals surface area contributed by atoms with Crippen LogP contribution in [0.25, 0.3) is 22.0 Å². The number of fused-ring (bicyclic) bond motifs is 1. The quantitative estimate of drug-likeness (QED) is 0.724. The fourth-order valence-electron chi connectivity index (χ4n) is 2.01. The summed E-state index contributed by atoms with van der Waals surface area (Å²) in [4.78, 5) is 0. The van der Waals surface area contributed by atoms with E-state index in [0.717, 1.165) is 27.8 Å². The summed E-state index contributed by atoms with van der Waals surface area (Å²) in [5.41, 5.74) is 2.96. The first-order valence-corrected chi connectivity index (χ1v) is 5.58. The van der Waals surface area contributed by atoms with Gasteiger partial charge in [0.15, 0.2) is 0 Å². The molecule has 2 N–H and O–H groups in total. The number of benzene rings is 2. The van der Waals surface area contributed by atoms with E-state index in [1.165, 1.54) is 0 Å². The molecule has 0 aliphatic rings. The molecule has 3 aromatic rings. The average molecular weight is 240 g/mol. The van der Waals surface area contributed by atoms with Crippen molar-refractivity contribution in [2.45, 2.75) is 0 Å². The van der Waals surface area contributed by atoms with Crippen LogP contribution in [0.15, 0.2) is 42.6 Å². The predicted octanol–water partition coefficient (Wildman–Crippen LogP) is 2.94. The lowest BCUT2D eigenvalue weighted by atomic mass is 10.0. The molecule has 0 unspecified atom stereocenters. The van der Waals surface area contributed by atoms with Crippen molar-refractivity contribution in [2.24, 2.45) is 0 Å². The van der Waals surface area contributed by atoms with Crippen molar-refractivity contribution >= 4 is 10.9 Å². The Hall–Kier alpha value is -2.49. The molecule has 0 saturated heterocycles. The monoisotopic (exact) mass is 240 g/mol. The summed E-state index contributed by atoms with van der Waals surface area (Å²) < 4.78 is 5.36. The lowest BCUT2D eigenvalue weighted by Crippen LogP contribution is -1.86. The maximum absolute atomic E-state index is 9.30. The zero-order valence-electron chi connectivity index (χ0n) is 9.84. The van der Waals surface area contributed by atoms with Gasteiger partial charge in [-0.1, -0.05) is 12.1 Å². The Morgan fingerprint density at radius 2 is 1.89 bits per heavy atom. The minimum Gasteiger partial charge on any atom is -0.508 e. The smallest absolute Gasteiger partial charge is 0.130 e. The molecule has 0 amide bonds. The van der Waals surface area contributed by atoms with Gasteiger partial charge in [-0.3, -0.25) is 5.10 Å². The normalized spacial score (nSPS) is 10.7. The second-order valence-corrected chi connectivity index (χ2v) is 4.06. The van der Waals surface area contributed by atoms with Crippen molar-refractivity contribution in [3.63, 3.8) is 0 Å². The molecule has 0 atom stereocenters. The maximum Gasteiger partial charge on any atom is 0.130 e. The van der Waals surface area contributed by atoms with Gasteiger partial charge in [0.2, 0.25) is 0 Å². The van der Waals surface area contributed by atoms with Gasteiger partial charge in [0.25, 0.3) is 0 Å². The predicted molar refractivity (Wildman–Crippen MR) is 69.7 cm³/mol. The highest BCUT2D eigenvalue weighted by Gasteiger charge is 2.07. The molecule has 0 spiro atoms. The molecule has 0 bridgehead atoms. The van der Waals surface area contributed by atoms with E-state index >= 15 is 0 Å². The van der Waals surface area contributed by atoms with Gasteiger partial charge in [-0.05, 0) is 35.4 Å². The van der Waals surface area contributed by atoms with Gasteiger partial charge in [-0.15, -0.1) is 0 Å². The third-order valence-corrected chi connectivity index (χ3v) is 2.94. The number of methoxy groups -OCH3 is 1. The van der Waals surface area contributed by atoms with Gasteiger partial charge in [0.1, 0.15) is 11.5 Å². The van der Waals surface area contributed by atoms with Crippen molar-refractivity contribution in [1.82, 2.24) is 10.2 Å². The number of hydrogen-bond acceptors (Lipinski definition) is 3. The van der Waals surface area contributed by atoms with Crippen LogP contribution in [0.2, 0.25) is 0 Å². The number of H-pyrrole nitrogens is 1. The van der Waals surface area contributed by atoms with Crippen molar-refractivity contribution in [3.05, 3.63) is 42.6 Å². The molecule has 4 nitrogen and oxygen atoms in total. The molecule has 0 saturated carbocycles. The maximum atomic E-state index is 9.30. The molecule has 90 valence electrons. The van der Waals surface area contributed by atoms with Crippen LogP contribution in [0.1, 0.15) is 0 Å². The zero-order valence-corrected chi connectivity index (χ0v) is 9.84. The minimum absolute atomic E-state index is 0.258. The summed E-state index contributed by atoms with van der Waals surface area (Å²) in [6.07, 6.45) is 1.74. The van der Waals surface area contributed by atoms with E-state index in [0.29, 0.717) is 0 Å². The highest BCUT2D eigenvalue weighted by atomic mass is 16.5. The lowest BCUT2D eigenvalue weighted by Gasteiger charge is -2.06. The van der Waals surface area contributed by atoms with Gasteiger partial charge < -0.3 is 9.84 Å². The molecule has 1 aromatic heterocycles. The molecule has 0 aliphatic carbocycles. The number of nitrogens with zero attached hydrogens (tertiary/aromatic N) is 1. The van der Waals surface area contributed by atoms with Gasteiger partial charge in [-0.25, -0.2) is 0 Å².